The second-order valence-corrected chi connectivity index (χ2v) is 10.3. The maximum atomic E-state index is 12.5. The van der Waals surface area contributed by atoms with Gasteiger partial charge in [-0.1, -0.05) is 43.5 Å². The molecule has 1 saturated carbocycles. The predicted octanol–water partition coefficient (Wildman–Crippen LogP) is 2.94. The molecule has 1 fully saturated rings. The lowest BCUT2D eigenvalue weighted by Crippen LogP contribution is -2.38. The Bertz CT molecular complexity index is 1110. The fraction of sp³-hybridized carbons (Fsp3) is 0.400. The Kier molecular flexibility index (Phi) is 8.95. The Balaban J connectivity index is 1.44. The standard InChI is InChI=1S/C25H31N3O5S/c1-18(29)20-11-13-23(14-12-20)34(32,33)27-17-19-7-9-21(10-8-19)25(31)26-16-15-24(30)28-22-5-3-2-4-6-22/h7-14,22,27H,2-6,15-17H2,1H3,(H,26,31)(H,28,30). The zero-order valence-electron chi connectivity index (χ0n) is 19.3. The molecule has 0 unspecified atom stereocenters. The van der Waals surface area contributed by atoms with Crippen LogP contribution in [0, 0.1) is 0 Å². The first-order chi connectivity index (χ1) is 16.2. The first kappa shape index (κ1) is 25.6. The van der Waals surface area contributed by atoms with Crippen LogP contribution in [0.15, 0.2) is 53.4 Å². The van der Waals surface area contributed by atoms with Crippen molar-refractivity contribution < 1.29 is 22.8 Å². The minimum absolute atomic E-state index is 0.0502. The van der Waals surface area contributed by atoms with Gasteiger partial charge in [0.25, 0.3) is 5.91 Å². The van der Waals surface area contributed by atoms with E-state index in [4.69, 9.17) is 0 Å². The van der Waals surface area contributed by atoms with Crippen LogP contribution in [0.2, 0.25) is 0 Å². The third-order valence-electron chi connectivity index (χ3n) is 5.86. The zero-order chi connectivity index (χ0) is 24.6. The third-order valence-corrected chi connectivity index (χ3v) is 7.28. The molecule has 0 bridgehead atoms. The quantitative estimate of drug-likeness (QED) is 0.447. The number of Topliss-reactive ketones (excluding diaryl/α,β-unsaturated/α-hetero) is 1. The van der Waals surface area contributed by atoms with Crippen LogP contribution < -0.4 is 15.4 Å². The van der Waals surface area contributed by atoms with E-state index < -0.39 is 10.0 Å². The van der Waals surface area contributed by atoms with Crippen molar-refractivity contribution in [3.05, 3.63) is 65.2 Å². The van der Waals surface area contributed by atoms with Gasteiger partial charge in [-0.05, 0) is 49.6 Å². The normalized spacial score (nSPS) is 14.4. The van der Waals surface area contributed by atoms with Crippen LogP contribution in [-0.4, -0.2) is 38.6 Å². The van der Waals surface area contributed by atoms with Gasteiger partial charge in [-0.3, -0.25) is 14.4 Å². The van der Waals surface area contributed by atoms with Gasteiger partial charge in [0.1, 0.15) is 0 Å². The number of hydrogen-bond donors (Lipinski definition) is 3. The van der Waals surface area contributed by atoms with Crippen LogP contribution in [0.4, 0.5) is 0 Å². The van der Waals surface area contributed by atoms with Crippen molar-refractivity contribution in [1.82, 2.24) is 15.4 Å². The largest absolute Gasteiger partial charge is 0.353 e. The lowest BCUT2D eigenvalue weighted by atomic mass is 9.95. The topological polar surface area (TPSA) is 121 Å². The molecule has 182 valence electrons. The molecule has 2 aromatic rings. The fourth-order valence-corrected chi connectivity index (χ4v) is 4.86. The van der Waals surface area contributed by atoms with Gasteiger partial charge < -0.3 is 10.6 Å². The summed E-state index contributed by atoms with van der Waals surface area (Å²) in [6, 6.07) is 12.6. The molecule has 3 rings (SSSR count). The van der Waals surface area contributed by atoms with Gasteiger partial charge in [-0.15, -0.1) is 0 Å². The number of hydrogen-bond acceptors (Lipinski definition) is 5. The van der Waals surface area contributed by atoms with E-state index in [0.717, 1.165) is 25.7 Å². The van der Waals surface area contributed by atoms with Crippen LogP contribution in [0.25, 0.3) is 0 Å². The van der Waals surface area contributed by atoms with E-state index in [-0.39, 0.29) is 48.0 Å². The first-order valence-corrected chi connectivity index (χ1v) is 13.0. The smallest absolute Gasteiger partial charge is 0.251 e. The molecule has 0 saturated heterocycles. The minimum atomic E-state index is -3.74. The SMILES string of the molecule is CC(=O)c1ccc(S(=O)(=O)NCc2ccc(C(=O)NCCC(=O)NC3CCCCC3)cc2)cc1. The number of ketones is 1. The monoisotopic (exact) mass is 485 g/mol. The molecule has 0 aliphatic heterocycles. The van der Waals surface area contributed by atoms with Crippen molar-refractivity contribution in [2.45, 2.75) is 62.9 Å². The Labute approximate surface area is 200 Å². The van der Waals surface area contributed by atoms with E-state index in [1.54, 1.807) is 24.3 Å². The molecule has 0 spiro atoms. The summed E-state index contributed by atoms with van der Waals surface area (Å²) in [5.41, 5.74) is 1.56. The van der Waals surface area contributed by atoms with E-state index in [0.29, 0.717) is 16.7 Å². The van der Waals surface area contributed by atoms with E-state index in [2.05, 4.69) is 15.4 Å². The van der Waals surface area contributed by atoms with Crippen molar-refractivity contribution in [1.29, 1.82) is 0 Å². The first-order valence-electron chi connectivity index (χ1n) is 11.5. The van der Waals surface area contributed by atoms with Crippen LogP contribution in [-0.2, 0) is 21.4 Å². The molecule has 9 heteroatoms. The Morgan fingerprint density at radius 3 is 2.12 bits per heavy atom. The average molecular weight is 486 g/mol. The van der Waals surface area contributed by atoms with Crippen LogP contribution >= 0.6 is 0 Å². The number of benzene rings is 2. The van der Waals surface area contributed by atoms with Crippen LogP contribution in [0.3, 0.4) is 0 Å². The third kappa shape index (κ3) is 7.50. The van der Waals surface area contributed by atoms with E-state index in [1.807, 2.05) is 0 Å². The van der Waals surface area contributed by atoms with Crippen molar-refractivity contribution in [2.24, 2.45) is 0 Å². The van der Waals surface area contributed by atoms with Gasteiger partial charge in [0.2, 0.25) is 15.9 Å². The van der Waals surface area contributed by atoms with E-state index in [9.17, 15) is 22.8 Å². The highest BCUT2D eigenvalue weighted by molar-refractivity contribution is 7.89. The van der Waals surface area contributed by atoms with Gasteiger partial charge in [0.15, 0.2) is 5.78 Å². The number of sulfonamides is 1. The zero-order valence-corrected chi connectivity index (χ0v) is 20.1. The average Bonchev–Trinajstić information content (AvgIpc) is 2.83. The molecule has 0 atom stereocenters. The van der Waals surface area contributed by atoms with Crippen LogP contribution in [0.1, 0.15) is 71.7 Å². The summed E-state index contributed by atoms with van der Waals surface area (Å²) in [5, 5.41) is 5.77. The van der Waals surface area contributed by atoms with Gasteiger partial charge in [0, 0.05) is 36.7 Å². The number of amides is 2. The Morgan fingerprint density at radius 1 is 0.882 bits per heavy atom. The predicted molar refractivity (Wildman–Crippen MR) is 129 cm³/mol. The van der Waals surface area contributed by atoms with Crippen molar-refractivity contribution in [3.63, 3.8) is 0 Å². The number of carbonyl (C=O) groups excluding carboxylic acids is 3. The molecule has 1 aliphatic carbocycles. The minimum Gasteiger partial charge on any atom is -0.353 e. The Hall–Kier alpha value is -3.04. The number of rotatable bonds is 10. The maximum absolute atomic E-state index is 12.5. The molecule has 3 N–H and O–H groups in total. The van der Waals surface area contributed by atoms with Gasteiger partial charge in [0.05, 0.1) is 4.90 Å². The summed E-state index contributed by atoms with van der Waals surface area (Å²) >= 11 is 0. The molecule has 0 radical (unpaired) electrons. The lowest BCUT2D eigenvalue weighted by Gasteiger charge is -2.22. The second kappa shape index (κ2) is 11.9. The molecular weight excluding hydrogens is 454 g/mol. The fourth-order valence-electron chi connectivity index (χ4n) is 3.84. The van der Waals surface area contributed by atoms with E-state index >= 15 is 0 Å². The molecule has 0 heterocycles. The Morgan fingerprint density at radius 2 is 1.50 bits per heavy atom. The number of nitrogens with one attached hydrogen (secondary N) is 3. The summed E-state index contributed by atoms with van der Waals surface area (Å²) in [7, 11) is -3.74. The molecule has 2 amide bonds. The maximum Gasteiger partial charge on any atom is 0.251 e. The number of carbonyl (C=O) groups is 3. The molecule has 0 aromatic heterocycles. The van der Waals surface area contributed by atoms with Crippen LogP contribution in [0.5, 0.6) is 0 Å². The molecular formula is C25H31N3O5S. The summed E-state index contributed by atoms with van der Waals surface area (Å²) < 4.78 is 27.4. The lowest BCUT2D eigenvalue weighted by molar-refractivity contribution is -0.121. The summed E-state index contributed by atoms with van der Waals surface area (Å²) in [5.74, 6) is -0.474. The molecule has 8 nitrogen and oxygen atoms in total. The van der Waals surface area contributed by atoms with E-state index in [1.165, 1.54) is 37.6 Å². The van der Waals surface area contributed by atoms with Crippen molar-refractivity contribution in [3.8, 4) is 0 Å². The highest BCUT2D eigenvalue weighted by atomic mass is 32.2. The summed E-state index contributed by atoms with van der Waals surface area (Å²) in [4.78, 5) is 35.8. The molecule has 34 heavy (non-hydrogen) atoms. The second-order valence-electron chi connectivity index (χ2n) is 8.51. The summed E-state index contributed by atoms with van der Waals surface area (Å²) in [6.45, 7) is 1.72. The van der Waals surface area contributed by atoms with Crippen molar-refractivity contribution >= 4 is 27.6 Å². The summed E-state index contributed by atoms with van der Waals surface area (Å²) in [6.07, 6.45) is 5.79. The highest BCUT2D eigenvalue weighted by Gasteiger charge is 2.16. The molecule has 1 aliphatic rings. The van der Waals surface area contributed by atoms with Crippen molar-refractivity contribution in [2.75, 3.05) is 6.54 Å². The van der Waals surface area contributed by atoms with Gasteiger partial charge >= 0.3 is 0 Å². The molecule has 2 aromatic carbocycles. The van der Waals surface area contributed by atoms with Gasteiger partial charge in [-0.25, -0.2) is 13.1 Å². The van der Waals surface area contributed by atoms with Gasteiger partial charge in [-0.2, -0.15) is 0 Å². The highest BCUT2D eigenvalue weighted by Crippen LogP contribution is 2.17.